The molecule has 3 N–H and O–H groups in total. The van der Waals surface area contributed by atoms with Gasteiger partial charge in [0.1, 0.15) is 23.0 Å². The zero-order chi connectivity index (χ0) is 9.42. The van der Waals surface area contributed by atoms with Gasteiger partial charge in [0.05, 0.1) is 6.20 Å². The summed E-state index contributed by atoms with van der Waals surface area (Å²) in [5.41, 5.74) is 6.25. The number of pyridine rings is 1. The van der Waals surface area contributed by atoms with Crippen molar-refractivity contribution in [1.29, 1.82) is 5.41 Å². The topological polar surface area (TPSA) is 67.2 Å². The summed E-state index contributed by atoms with van der Waals surface area (Å²) in [7, 11) is 0. The quantitative estimate of drug-likeness (QED) is 0.500. The number of nitrogen functional groups attached to an aromatic ring is 1. The van der Waals surface area contributed by atoms with Crippen LogP contribution >= 0.6 is 0 Å². The fourth-order valence-corrected chi connectivity index (χ4v) is 1.15. The van der Waals surface area contributed by atoms with E-state index >= 15 is 0 Å². The minimum atomic E-state index is -0.381. The summed E-state index contributed by atoms with van der Waals surface area (Å²) in [5, 5.41) is 7.20. The van der Waals surface area contributed by atoms with Crippen LogP contribution in [0.4, 0.5) is 4.39 Å². The minimum absolute atomic E-state index is 0.127. The van der Waals surface area contributed by atoms with Crippen LogP contribution in [0.2, 0.25) is 0 Å². The van der Waals surface area contributed by atoms with E-state index in [1.807, 2.05) is 0 Å². The highest BCUT2D eigenvalue weighted by Gasteiger charge is 2.05. The lowest BCUT2D eigenvalue weighted by molar-refractivity contribution is 0.619. The fraction of sp³-hybridized carbons (Fsp3) is 0. The Balaban J connectivity index is 2.79. The Morgan fingerprint density at radius 2 is 2.31 bits per heavy atom. The number of nitrogens with two attached hydrogens (primary N) is 1. The maximum atomic E-state index is 12.8. The number of amidine groups is 1. The largest absolute Gasteiger partial charge is 0.382 e. The standard InChI is InChI=1S/C8H7FN4/c9-5-1-2-7-12-3-6(8(10)11)13(7)4-5/h1-4H,(H3,10,11). The second kappa shape index (κ2) is 2.55. The molecule has 0 radical (unpaired) electrons. The summed E-state index contributed by atoms with van der Waals surface area (Å²) in [4.78, 5) is 3.96. The van der Waals surface area contributed by atoms with E-state index in [0.29, 0.717) is 11.3 Å². The van der Waals surface area contributed by atoms with Crippen LogP contribution in [-0.2, 0) is 0 Å². The third kappa shape index (κ3) is 1.14. The summed E-state index contributed by atoms with van der Waals surface area (Å²) >= 11 is 0. The van der Waals surface area contributed by atoms with Gasteiger partial charge < -0.3 is 5.73 Å². The Morgan fingerprint density at radius 1 is 1.54 bits per heavy atom. The van der Waals surface area contributed by atoms with E-state index in [-0.39, 0.29) is 11.7 Å². The molecular weight excluding hydrogens is 171 g/mol. The summed E-state index contributed by atoms with van der Waals surface area (Å²) < 4.78 is 14.2. The molecule has 0 amide bonds. The van der Waals surface area contributed by atoms with E-state index < -0.39 is 0 Å². The van der Waals surface area contributed by atoms with Gasteiger partial charge in [0.15, 0.2) is 0 Å². The molecule has 13 heavy (non-hydrogen) atoms. The molecule has 2 aromatic heterocycles. The number of nitrogens with zero attached hydrogens (tertiary/aromatic N) is 2. The zero-order valence-electron chi connectivity index (χ0n) is 6.66. The number of fused-ring (bicyclic) bond motifs is 1. The Morgan fingerprint density at radius 3 is 3.00 bits per heavy atom. The van der Waals surface area contributed by atoms with Gasteiger partial charge in [0.25, 0.3) is 0 Å². The first-order valence-electron chi connectivity index (χ1n) is 3.65. The van der Waals surface area contributed by atoms with E-state index in [9.17, 15) is 4.39 Å². The Labute approximate surface area is 73.3 Å². The average molecular weight is 178 g/mol. The van der Waals surface area contributed by atoms with Crippen LogP contribution in [0.25, 0.3) is 5.65 Å². The van der Waals surface area contributed by atoms with E-state index in [1.165, 1.54) is 28.9 Å². The lowest BCUT2D eigenvalue weighted by Crippen LogP contribution is -2.13. The number of nitrogens with one attached hydrogen (secondary N) is 1. The van der Waals surface area contributed by atoms with Gasteiger partial charge in [-0.3, -0.25) is 9.81 Å². The monoisotopic (exact) mass is 178 g/mol. The summed E-state index contributed by atoms with van der Waals surface area (Å²) in [6, 6.07) is 2.84. The first kappa shape index (κ1) is 7.72. The molecule has 0 atom stereocenters. The molecule has 0 aliphatic heterocycles. The second-order valence-electron chi connectivity index (χ2n) is 2.63. The maximum Gasteiger partial charge on any atom is 0.141 e. The van der Waals surface area contributed by atoms with Crippen molar-refractivity contribution in [2.24, 2.45) is 5.73 Å². The normalized spacial score (nSPS) is 10.5. The predicted octanol–water partition coefficient (Wildman–Crippen LogP) is 0.757. The van der Waals surface area contributed by atoms with Gasteiger partial charge in [0.2, 0.25) is 0 Å². The molecule has 0 aliphatic carbocycles. The summed E-state index contributed by atoms with van der Waals surface area (Å²) in [6.45, 7) is 0. The lowest BCUT2D eigenvalue weighted by atomic mass is 10.4. The average Bonchev–Trinajstić information content (AvgIpc) is 2.46. The first-order chi connectivity index (χ1) is 6.18. The summed E-state index contributed by atoms with van der Waals surface area (Å²) in [5.74, 6) is -0.508. The van der Waals surface area contributed by atoms with E-state index in [1.54, 1.807) is 0 Å². The molecule has 0 aliphatic rings. The SMILES string of the molecule is N=C(N)c1cnc2ccc(F)cn12. The molecular formula is C8H7FN4. The molecule has 0 saturated carbocycles. The van der Waals surface area contributed by atoms with Gasteiger partial charge >= 0.3 is 0 Å². The van der Waals surface area contributed by atoms with Gasteiger partial charge in [-0.05, 0) is 12.1 Å². The Bertz CT molecular complexity index is 474. The van der Waals surface area contributed by atoms with Gasteiger partial charge in [-0.1, -0.05) is 0 Å². The number of imidazole rings is 1. The molecule has 0 fully saturated rings. The molecule has 4 nitrogen and oxygen atoms in total. The second-order valence-corrected chi connectivity index (χ2v) is 2.63. The van der Waals surface area contributed by atoms with Gasteiger partial charge in [-0.25, -0.2) is 9.37 Å². The molecule has 5 heteroatoms. The predicted molar refractivity (Wildman–Crippen MR) is 46.2 cm³/mol. The van der Waals surface area contributed by atoms with E-state index in [2.05, 4.69) is 4.98 Å². The third-order valence-corrected chi connectivity index (χ3v) is 1.75. The van der Waals surface area contributed by atoms with Crippen molar-refractivity contribution in [2.45, 2.75) is 0 Å². The van der Waals surface area contributed by atoms with Crippen LogP contribution < -0.4 is 5.73 Å². The molecule has 0 aromatic carbocycles. The van der Waals surface area contributed by atoms with Crippen molar-refractivity contribution >= 4 is 11.5 Å². The van der Waals surface area contributed by atoms with Crippen LogP contribution in [0.3, 0.4) is 0 Å². The molecule has 0 unspecified atom stereocenters. The smallest absolute Gasteiger partial charge is 0.141 e. The van der Waals surface area contributed by atoms with Gasteiger partial charge in [-0.15, -0.1) is 0 Å². The third-order valence-electron chi connectivity index (χ3n) is 1.75. The molecule has 0 spiro atoms. The molecule has 0 bridgehead atoms. The summed E-state index contributed by atoms with van der Waals surface area (Å²) in [6.07, 6.45) is 2.69. The van der Waals surface area contributed by atoms with Crippen molar-refractivity contribution < 1.29 is 4.39 Å². The molecule has 2 rings (SSSR count). The maximum absolute atomic E-state index is 12.8. The first-order valence-corrected chi connectivity index (χ1v) is 3.65. The molecule has 2 heterocycles. The van der Waals surface area contributed by atoms with Gasteiger partial charge in [0, 0.05) is 6.20 Å². The molecule has 0 saturated heterocycles. The minimum Gasteiger partial charge on any atom is -0.382 e. The fourth-order valence-electron chi connectivity index (χ4n) is 1.15. The number of hydrogen-bond donors (Lipinski definition) is 2. The van der Waals surface area contributed by atoms with Crippen LogP contribution in [0.15, 0.2) is 24.5 Å². The molecule has 66 valence electrons. The molecule has 2 aromatic rings. The van der Waals surface area contributed by atoms with Crippen molar-refractivity contribution in [2.75, 3.05) is 0 Å². The van der Waals surface area contributed by atoms with Crippen molar-refractivity contribution in [3.8, 4) is 0 Å². The van der Waals surface area contributed by atoms with Gasteiger partial charge in [-0.2, -0.15) is 0 Å². The van der Waals surface area contributed by atoms with Crippen LogP contribution in [-0.4, -0.2) is 15.2 Å². The van der Waals surface area contributed by atoms with Crippen LogP contribution in [0, 0.1) is 11.2 Å². The van der Waals surface area contributed by atoms with E-state index in [0.717, 1.165) is 0 Å². The number of halogens is 1. The van der Waals surface area contributed by atoms with Crippen molar-refractivity contribution in [1.82, 2.24) is 9.38 Å². The van der Waals surface area contributed by atoms with Crippen molar-refractivity contribution in [3.63, 3.8) is 0 Å². The van der Waals surface area contributed by atoms with Crippen molar-refractivity contribution in [3.05, 3.63) is 36.0 Å². The Kier molecular flexibility index (Phi) is 1.51. The number of rotatable bonds is 1. The number of hydrogen-bond acceptors (Lipinski definition) is 2. The lowest BCUT2D eigenvalue weighted by Gasteiger charge is -1.98. The highest BCUT2D eigenvalue weighted by molar-refractivity contribution is 5.93. The van der Waals surface area contributed by atoms with Crippen LogP contribution in [0.5, 0.6) is 0 Å². The number of aromatic nitrogens is 2. The zero-order valence-corrected chi connectivity index (χ0v) is 6.66. The van der Waals surface area contributed by atoms with Crippen LogP contribution in [0.1, 0.15) is 5.69 Å². The Hall–Kier alpha value is -1.91. The van der Waals surface area contributed by atoms with E-state index in [4.69, 9.17) is 11.1 Å². The highest BCUT2D eigenvalue weighted by Crippen LogP contribution is 2.07. The highest BCUT2D eigenvalue weighted by atomic mass is 19.1.